The van der Waals surface area contributed by atoms with Crippen LogP contribution < -0.4 is 39.6 Å². The van der Waals surface area contributed by atoms with Gasteiger partial charge in [-0.3, -0.25) is 29.9 Å². The van der Waals surface area contributed by atoms with Gasteiger partial charge in [-0.25, -0.2) is 56.8 Å². The van der Waals surface area contributed by atoms with Crippen LogP contribution in [0.4, 0.5) is 51.0 Å². The number of aromatic nitrogens is 13. The van der Waals surface area contributed by atoms with Gasteiger partial charge in [0.1, 0.15) is 72.4 Å². The number of fused-ring (bicyclic) bond motifs is 3. The topological polar surface area (TPSA) is 369 Å². The molecule has 0 bridgehead atoms. The van der Waals surface area contributed by atoms with E-state index >= 15 is 0 Å². The number of rotatable bonds is 8. The molecule has 8 aromatic heterocycles. The van der Waals surface area contributed by atoms with Crippen molar-refractivity contribution in [1.82, 2.24) is 64.8 Å². The van der Waals surface area contributed by atoms with Gasteiger partial charge in [0.25, 0.3) is 0 Å². The predicted octanol–water partition coefficient (Wildman–Crippen LogP) is 18.3. The number of nitrogens with two attached hydrogens (primary N) is 5. The molecule has 9 heterocycles. The summed E-state index contributed by atoms with van der Waals surface area (Å²) < 4.78 is 79.9. The average Bonchev–Trinajstić information content (AvgIpc) is 1.42. The molecule has 0 spiro atoms. The molecule has 1 aliphatic rings. The molecular formula is C83H66B3Br2Cl4F5N19O4S. The molecule has 0 amide bonds. The Labute approximate surface area is 734 Å². The maximum absolute atomic E-state index is 13.3. The van der Waals surface area contributed by atoms with E-state index in [0.29, 0.717) is 97.6 Å². The van der Waals surface area contributed by atoms with Crippen LogP contribution in [0.5, 0.6) is 0 Å². The van der Waals surface area contributed by atoms with Crippen LogP contribution in [0, 0.1) is 29.1 Å². The number of nitrogens with zero attached hydrogens (tertiary/aromatic N) is 14. The molecule has 1 radical (unpaired) electrons. The van der Waals surface area contributed by atoms with E-state index in [1.807, 2.05) is 88.4 Å². The number of pyridine rings is 3. The van der Waals surface area contributed by atoms with Gasteiger partial charge in [0.15, 0.2) is 5.82 Å². The molecule has 0 atom stereocenters. The van der Waals surface area contributed by atoms with Gasteiger partial charge >= 0.3 is 39.0 Å². The first kappa shape index (κ1) is 91.6. The van der Waals surface area contributed by atoms with Gasteiger partial charge in [0.2, 0.25) is 0 Å². The average molecular weight is 1850 g/mol. The Morgan fingerprint density at radius 3 is 1.22 bits per heavy atom. The molecule has 12 N–H and O–H groups in total. The number of benzene rings is 8. The summed E-state index contributed by atoms with van der Waals surface area (Å²) in [6.45, 7) is 8.16. The normalized spacial score (nSPS) is 12.0. The van der Waals surface area contributed by atoms with Gasteiger partial charge in [0, 0.05) is 68.1 Å². The summed E-state index contributed by atoms with van der Waals surface area (Å²) in [4.78, 5) is 54.1. The maximum atomic E-state index is 13.3. The number of hydrogen-bond acceptors (Lipinski definition) is 24. The number of halogens is 11. The van der Waals surface area contributed by atoms with Gasteiger partial charge in [0.05, 0.1) is 108 Å². The summed E-state index contributed by atoms with van der Waals surface area (Å²) in [5, 5.41) is 21.8. The van der Waals surface area contributed by atoms with E-state index < -0.39 is 14.2 Å². The monoisotopic (exact) mass is 1850 g/mol. The summed E-state index contributed by atoms with van der Waals surface area (Å²) in [7, 11) is 2.42. The standard InChI is InChI=1S/C19H11BrClFN4.C19H12ClFN4.C15H17BClNO2.C10H7BrFN3.C10H8FN3.C6H6BFO2.C4H4ClN3.BHNS/c20-18-19(23)26-16(10-3-5-13(22)6-4-10)17(25-18)12-8-11-2-1-7-24-15(11)14(21)9-12;20-15-9-13(8-12-2-1-7-23-17(12)15)18-19(25-16(22)10-24-18)11-3-5-14(21)6-4-11;1-14(2)15(3,4)20-16(19-14)11-8-10-6-5-7-18-13(10)12(17)9-11;11-10-9(15-8(13)5-14-10)6-1-3-7(12)4-2-6;11-8-3-1-7(2-4-8)9-5-13-6-10(12)14-9;8-6-3-1-5(2-4-6)7(9)10;5-3-1-7-2-4(6)8-3;1-2-3/h1-9H,(H2,23,26);1-10H,(H2,22,25);5-9H,1-4H3;1-5H,(H2,13,15);1-6H,(H2,12,14);1-4,9-10H;1-2H,(H2,6,8);3H. The number of anilines is 5. The molecule has 1 aliphatic heterocycles. The van der Waals surface area contributed by atoms with E-state index in [-0.39, 0.29) is 51.9 Å². The molecule has 609 valence electrons. The summed E-state index contributed by atoms with van der Waals surface area (Å²) in [5.41, 5.74) is 38.8. The Morgan fingerprint density at radius 1 is 0.413 bits per heavy atom. The van der Waals surface area contributed by atoms with Crippen LogP contribution in [0.2, 0.25) is 20.2 Å². The first-order valence-corrected chi connectivity index (χ1v) is 39.0. The summed E-state index contributed by atoms with van der Waals surface area (Å²) >= 11 is 34.3. The Kier molecular flexibility index (Phi) is 32.2. The molecule has 8 aromatic carbocycles. The Morgan fingerprint density at radius 2 is 0.785 bits per heavy atom. The zero-order valence-electron chi connectivity index (χ0n) is 63.9. The molecule has 17 rings (SSSR count). The van der Waals surface area contributed by atoms with Gasteiger partial charge in [-0.15, -0.1) is 0 Å². The molecule has 0 unspecified atom stereocenters. The van der Waals surface area contributed by atoms with E-state index in [4.69, 9.17) is 94.4 Å². The summed E-state index contributed by atoms with van der Waals surface area (Å²) in [5.74, 6) is -0.0167. The van der Waals surface area contributed by atoms with Crippen molar-refractivity contribution in [1.29, 1.82) is 0 Å². The second-order valence-electron chi connectivity index (χ2n) is 26.4. The fourth-order valence-corrected chi connectivity index (χ4v) is 12.7. The summed E-state index contributed by atoms with van der Waals surface area (Å²) in [6.07, 6.45) is 14.0. The van der Waals surface area contributed by atoms with Crippen LogP contribution in [0.25, 0.3) is 100 Å². The second kappa shape index (κ2) is 42.5. The molecule has 0 aliphatic carbocycles. The van der Waals surface area contributed by atoms with Crippen molar-refractivity contribution in [2.45, 2.75) is 38.9 Å². The minimum absolute atomic E-state index is 0.252. The molecule has 1 fully saturated rings. The van der Waals surface area contributed by atoms with E-state index in [1.54, 1.807) is 85.5 Å². The molecular weight excluding hydrogens is 1790 g/mol. The van der Waals surface area contributed by atoms with Crippen molar-refractivity contribution in [2.24, 2.45) is 4.30 Å². The van der Waals surface area contributed by atoms with Crippen molar-refractivity contribution in [2.75, 3.05) is 28.7 Å². The minimum atomic E-state index is -1.51. The fraction of sp³-hybridized carbons (Fsp3) is 0.0723. The van der Waals surface area contributed by atoms with Crippen molar-refractivity contribution < 1.29 is 41.3 Å². The van der Waals surface area contributed by atoms with E-state index in [0.717, 1.165) is 60.5 Å². The van der Waals surface area contributed by atoms with Crippen LogP contribution in [-0.2, 0) is 9.31 Å². The molecule has 23 nitrogen and oxygen atoms in total. The van der Waals surface area contributed by atoms with Gasteiger partial charge < -0.3 is 48.0 Å². The van der Waals surface area contributed by atoms with Crippen LogP contribution in [0.3, 0.4) is 0 Å². The van der Waals surface area contributed by atoms with Gasteiger partial charge in [-0.1, -0.05) is 82.8 Å². The third-order valence-corrected chi connectivity index (χ3v) is 19.6. The molecule has 0 saturated carbocycles. The quantitative estimate of drug-likeness (QED) is 0.0398. The Balaban J connectivity index is 0.000000152. The SMILES string of the molecule is CC1(C)OB(c2cc(Cl)c3ncccc3c2)OC1(C)C.Nc1cnc(-c2cc(Cl)c3ncccc3c2)c(-c2ccc(F)cc2)n1.Nc1cnc(Br)c(-c2ccc(F)cc2)n1.Nc1cncc(-c2ccc(F)cc2)n1.Nc1cncc(Cl)n1.Nc1nc(-c2ccc(F)cc2)c(-c2cc(Cl)c3ncccc3c2)nc1Br.OB(O)c1ccc(F)cc1.[B]=NS. The van der Waals surface area contributed by atoms with Crippen molar-refractivity contribution in [3.63, 3.8) is 0 Å². The van der Waals surface area contributed by atoms with Gasteiger partial charge in [-0.05, 0) is 228 Å². The van der Waals surface area contributed by atoms with Gasteiger partial charge in [-0.2, -0.15) is 0 Å². The van der Waals surface area contributed by atoms with Crippen molar-refractivity contribution in [3.8, 4) is 67.5 Å². The predicted molar refractivity (Wildman–Crippen MR) is 482 cm³/mol. The fourth-order valence-electron chi connectivity index (χ4n) is 11.0. The third kappa shape index (κ3) is 25.2. The number of hydrogen-bond donors (Lipinski definition) is 8. The van der Waals surface area contributed by atoms with E-state index in [1.165, 1.54) is 104 Å². The Bertz CT molecular complexity index is 6250. The van der Waals surface area contributed by atoms with E-state index in [2.05, 4.69) is 121 Å². The van der Waals surface area contributed by atoms with Crippen LogP contribution in [-0.4, -0.2) is 108 Å². The van der Waals surface area contributed by atoms with E-state index in [9.17, 15) is 22.0 Å². The number of nitrogen functional groups attached to an aromatic ring is 5. The molecule has 38 heteroatoms. The molecule has 16 aromatic rings. The number of thiol groups is 1. The first-order valence-electron chi connectivity index (χ1n) is 35.5. The van der Waals surface area contributed by atoms with Crippen LogP contribution in [0.1, 0.15) is 27.7 Å². The Hall–Kier alpha value is -11.7. The molecule has 1 saturated heterocycles. The van der Waals surface area contributed by atoms with Crippen molar-refractivity contribution >= 4 is 186 Å². The summed E-state index contributed by atoms with van der Waals surface area (Å²) in [6, 6.07) is 51.9. The zero-order valence-corrected chi connectivity index (χ0v) is 71.0. The van der Waals surface area contributed by atoms with Crippen LogP contribution >= 0.6 is 91.1 Å². The first-order chi connectivity index (χ1) is 57.8. The van der Waals surface area contributed by atoms with Crippen molar-refractivity contribution in [3.05, 3.63) is 308 Å². The molecule has 121 heavy (non-hydrogen) atoms. The third-order valence-electron chi connectivity index (χ3n) is 17.4. The zero-order chi connectivity index (χ0) is 87.2. The second-order valence-corrected chi connectivity index (χ2v) is 29.8. The van der Waals surface area contributed by atoms with Crippen LogP contribution in [0.15, 0.2) is 263 Å².